The molecule has 0 saturated carbocycles. The third-order valence-electron chi connectivity index (χ3n) is 2.71. The maximum absolute atomic E-state index is 12.1. The molecule has 0 fully saturated rings. The molecule has 0 aliphatic carbocycles. The first-order valence-electron chi connectivity index (χ1n) is 5.92. The van der Waals surface area contributed by atoms with Gasteiger partial charge in [-0.2, -0.15) is 0 Å². The van der Waals surface area contributed by atoms with Crippen LogP contribution in [0.25, 0.3) is 0 Å². The van der Waals surface area contributed by atoms with E-state index in [1.54, 1.807) is 0 Å². The molecule has 1 aromatic heterocycles. The van der Waals surface area contributed by atoms with E-state index in [4.69, 9.17) is 18.0 Å². The van der Waals surface area contributed by atoms with Gasteiger partial charge in [-0.25, -0.2) is 0 Å². The van der Waals surface area contributed by atoms with Crippen LogP contribution >= 0.6 is 12.2 Å². The number of hydrogen-bond acceptors (Lipinski definition) is 3. The van der Waals surface area contributed by atoms with Crippen molar-refractivity contribution in [2.24, 2.45) is 5.73 Å². The van der Waals surface area contributed by atoms with Crippen molar-refractivity contribution in [1.82, 2.24) is 10.3 Å². The summed E-state index contributed by atoms with van der Waals surface area (Å²) in [7, 11) is 0. The molecule has 4 N–H and O–H groups in total. The van der Waals surface area contributed by atoms with Crippen molar-refractivity contribution in [3.8, 4) is 0 Å². The summed E-state index contributed by atoms with van der Waals surface area (Å²) in [5.74, 6) is -0.440. The zero-order valence-corrected chi connectivity index (χ0v) is 11.3. The van der Waals surface area contributed by atoms with Crippen molar-refractivity contribution in [2.75, 3.05) is 0 Å². The summed E-state index contributed by atoms with van der Waals surface area (Å²) in [6.07, 6.45) is 0. The second-order valence-corrected chi connectivity index (χ2v) is 4.62. The normalized spacial score (nSPS) is 11.6. The zero-order chi connectivity index (χ0) is 14.5. The first-order chi connectivity index (χ1) is 9.58. The highest BCUT2D eigenvalue weighted by Crippen LogP contribution is 2.13. The summed E-state index contributed by atoms with van der Waals surface area (Å²) >= 11 is 4.98. The van der Waals surface area contributed by atoms with Gasteiger partial charge >= 0.3 is 0 Å². The van der Waals surface area contributed by atoms with E-state index in [9.17, 15) is 9.59 Å². The lowest BCUT2D eigenvalue weighted by Crippen LogP contribution is -2.37. The van der Waals surface area contributed by atoms with E-state index in [1.807, 2.05) is 30.3 Å². The van der Waals surface area contributed by atoms with E-state index >= 15 is 0 Å². The van der Waals surface area contributed by atoms with Gasteiger partial charge in [0.25, 0.3) is 5.91 Å². The van der Waals surface area contributed by atoms with Crippen LogP contribution in [0.3, 0.4) is 0 Å². The summed E-state index contributed by atoms with van der Waals surface area (Å²) in [5.41, 5.74) is 6.27. The highest BCUT2D eigenvalue weighted by atomic mass is 32.1. The third kappa shape index (κ3) is 3.30. The van der Waals surface area contributed by atoms with Crippen LogP contribution in [-0.4, -0.2) is 15.9 Å². The number of amides is 1. The van der Waals surface area contributed by atoms with Crippen molar-refractivity contribution in [1.29, 1.82) is 0 Å². The first kappa shape index (κ1) is 14.0. The Morgan fingerprint density at radius 3 is 2.45 bits per heavy atom. The summed E-state index contributed by atoms with van der Waals surface area (Å²) in [6.45, 7) is 0. The molecule has 2 rings (SSSR count). The Morgan fingerprint density at radius 1 is 1.15 bits per heavy atom. The molecule has 1 unspecified atom stereocenters. The van der Waals surface area contributed by atoms with Gasteiger partial charge in [-0.05, 0) is 11.6 Å². The minimum absolute atomic E-state index is 0.155. The maximum atomic E-state index is 12.1. The summed E-state index contributed by atoms with van der Waals surface area (Å²) in [5, 5.41) is 2.70. The number of aromatic amines is 1. The van der Waals surface area contributed by atoms with Gasteiger partial charge in [-0.1, -0.05) is 48.6 Å². The number of thiocarbonyl (C=S) groups is 1. The lowest BCUT2D eigenvalue weighted by atomic mass is 10.1. The SMILES string of the molecule is NC(=S)C(NC(=O)c1cccc(=O)[nH]1)c1ccccc1. The Bertz CT molecular complexity index is 682. The standard InChI is InChI=1S/C14H13N3O2S/c15-13(20)12(9-5-2-1-3-6-9)17-14(19)10-7-4-8-11(18)16-10/h1-8,12H,(H2,15,20)(H,16,18)(H,17,19). The van der Waals surface area contributed by atoms with Crippen LogP contribution in [0, 0.1) is 0 Å². The van der Waals surface area contributed by atoms with E-state index in [1.165, 1.54) is 18.2 Å². The summed E-state index contributed by atoms with van der Waals surface area (Å²) in [6, 6.07) is 12.9. The minimum atomic E-state index is -0.581. The number of H-pyrrole nitrogens is 1. The number of nitrogens with two attached hydrogens (primary N) is 1. The van der Waals surface area contributed by atoms with Gasteiger partial charge in [0.1, 0.15) is 16.7 Å². The average molecular weight is 287 g/mol. The van der Waals surface area contributed by atoms with E-state index in [-0.39, 0.29) is 16.2 Å². The number of pyridine rings is 1. The van der Waals surface area contributed by atoms with E-state index < -0.39 is 11.9 Å². The van der Waals surface area contributed by atoms with Gasteiger partial charge in [0.2, 0.25) is 5.56 Å². The van der Waals surface area contributed by atoms with Gasteiger partial charge in [-0.3, -0.25) is 9.59 Å². The molecule has 0 aliphatic heterocycles. The molecule has 20 heavy (non-hydrogen) atoms. The fourth-order valence-electron chi connectivity index (χ4n) is 1.75. The molecular weight excluding hydrogens is 274 g/mol. The monoisotopic (exact) mass is 287 g/mol. The molecule has 2 aromatic rings. The topological polar surface area (TPSA) is 88.0 Å². The van der Waals surface area contributed by atoms with Gasteiger partial charge in [-0.15, -0.1) is 0 Å². The molecule has 1 atom stereocenters. The van der Waals surface area contributed by atoms with E-state index in [0.717, 1.165) is 5.56 Å². The van der Waals surface area contributed by atoms with Crippen LogP contribution in [0.5, 0.6) is 0 Å². The quantitative estimate of drug-likeness (QED) is 0.736. The van der Waals surface area contributed by atoms with Crippen LogP contribution in [-0.2, 0) is 0 Å². The van der Waals surface area contributed by atoms with Gasteiger partial charge < -0.3 is 16.0 Å². The molecule has 5 nitrogen and oxygen atoms in total. The van der Waals surface area contributed by atoms with Crippen molar-refractivity contribution < 1.29 is 4.79 Å². The van der Waals surface area contributed by atoms with Crippen molar-refractivity contribution >= 4 is 23.1 Å². The van der Waals surface area contributed by atoms with Crippen LogP contribution in [0.15, 0.2) is 53.3 Å². The van der Waals surface area contributed by atoms with Crippen LogP contribution in [0.2, 0.25) is 0 Å². The fourth-order valence-corrected chi connectivity index (χ4v) is 1.95. The Morgan fingerprint density at radius 2 is 1.85 bits per heavy atom. The minimum Gasteiger partial charge on any atom is -0.391 e. The second-order valence-electron chi connectivity index (χ2n) is 4.15. The van der Waals surface area contributed by atoms with Gasteiger partial charge in [0.15, 0.2) is 0 Å². The number of carbonyl (C=O) groups excluding carboxylic acids is 1. The second kappa shape index (κ2) is 6.12. The van der Waals surface area contributed by atoms with Crippen molar-refractivity contribution in [3.63, 3.8) is 0 Å². The molecule has 102 valence electrons. The van der Waals surface area contributed by atoms with E-state index in [0.29, 0.717) is 0 Å². The molecule has 1 aromatic carbocycles. The predicted molar refractivity (Wildman–Crippen MR) is 80.5 cm³/mol. The predicted octanol–water partition coefficient (Wildman–Crippen LogP) is 1.13. The highest BCUT2D eigenvalue weighted by Gasteiger charge is 2.18. The average Bonchev–Trinajstić information content (AvgIpc) is 2.45. The highest BCUT2D eigenvalue weighted by molar-refractivity contribution is 7.80. The van der Waals surface area contributed by atoms with Crippen LogP contribution in [0.4, 0.5) is 0 Å². The Labute approximate surface area is 120 Å². The Balaban J connectivity index is 2.23. The molecular formula is C14H13N3O2S. The number of benzene rings is 1. The zero-order valence-electron chi connectivity index (χ0n) is 10.5. The van der Waals surface area contributed by atoms with Crippen LogP contribution in [0.1, 0.15) is 22.1 Å². The number of aromatic nitrogens is 1. The summed E-state index contributed by atoms with van der Waals surface area (Å²) < 4.78 is 0. The Kier molecular flexibility index (Phi) is 4.27. The molecule has 0 bridgehead atoms. The molecule has 0 aliphatic rings. The smallest absolute Gasteiger partial charge is 0.268 e. The lowest BCUT2D eigenvalue weighted by molar-refractivity contribution is 0.0941. The molecule has 1 heterocycles. The van der Waals surface area contributed by atoms with Crippen molar-refractivity contribution in [3.05, 3.63) is 70.1 Å². The third-order valence-corrected chi connectivity index (χ3v) is 2.94. The number of rotatable bonds is 4. The number of nitrogens with one attached hydrogen (secondary N) is 2. The summed E-state index contributed by atoms with van der Waals surface area (Å²) in [4.78, 5) is 25.9. The maximum Gasteiger partial charge on any atom is 0.268 e. The first-order valence-corrected chi connectivity index (χ1v) is 6.33. The van der Waals surface area contributed by atoms with Crippen LogP contribution < -0.4 is 16.6 Å². The van der Waals surface area contributed by atoms with E-state index in [2.05, 4.69) is 10.3 Å². The molecule has 1 amide bonds. The number of hydrogen-bond donors (Lipinski definition) is 3. The fraction of sp³-hybridized carbons (Fsp3) is 0.0714. The van der Waals surface area contributed by atoms with Crippen molar-refractivity contribution in [2.45, 2.75) is 6.04 Å². The number of carbonyl (C=O) groups is 1. The van der Waals surface area contributed by atoms with Gasteiger partial charge in [0.05, 0.1) is 0 Å². The molecule has 0 spiro atoms. The molecule has 0 radical (unpaired) electrons. The largest absolute Gasteiger partial charge is 0.391 e. The van der Waals surface area contributed by atoms with Gasteiger partial charge in [0, 0.05) is 6.07 Å². The molecule has 6 heteroatoms. The molecule has 0 saturated heterocycles. The Hall–Kier alpha value is -2.47. The lowest BCUT2D eigenvalue weighted by Gasteiger charge is -2.17.